The number of hydrogen-bond acceptors (Lipinski definition) is 5. The molecule has 0 radical (unpaired) electrons. The average molecular weight is 408 g/mol. The second kappa shape index (κ2) is 8.24. The molecule has 0 amide bonds. The molecular formula is C18H6F6N4O. The molecule has 0 spiro atoms. The van der Waals surface area contributed by atoms with E-state index in [-0.39, 0.29) is 17.8 Å². The van der Waals surface area contributed by atoms with Gasteiger partial charge in [-0.15, -0.1) is 0 Å². The van der Waals surface area contributed by atoms with E-state index in [0.29, 0.717) is 6.07 Å². The van der Waals surface area contributed by atoms with Crippen LogP contribution >= 0.6 is 0 Å². The van der Waals surface area contributed by atoms with Gasteiger partial charge in [0, 0.05) is 6.07 Å². The van der Waals surface area contributed by atoms with Crippen molar-refractivity contribution in [3.63, 3.8) is 0 Å². The Hall–Kier alpha value is -4.17. The van der Waals surface area contributed by atoms with Crippen LogP contribution < -0.4 is 10.1 Å². The Balaban J connectivity index is 2.34. The first-order valence-electron chi connectivity index (χ1n) is 7.36. The SMILES string of the molecule is N#CC(C#N)=C(C#N)Nc1ccc(Oc2c(F)cc(C(F)(F)F)cc2F)cc1F. The first kappa shape index (κ1) is 21.1. The molecule has 0 aliphatic carbocycles. The Kier molecular flexibility index (Phi) is 6.00. The fraction of sp³-hybridized carbons (Fsp3) is 0.0556. The Labute approximate surface area is 159 Å². The molecule has 5 nitrogen and oxygen atoms in total. The lowest BCUT2D eigenvalue weighted by Crippen LogP contribution is -2.07. The highest BCUT2D eigenvalue weighted by atomic mass is 19.4. The Morgan fingerprint density at radius 3 is 1.90 bits per heavy atom. The highest BCUT2D eigenvalue weighted by molar-refractivity contribution is 5.59. The minimum absolute atomic E-state index is 0.0278. The van der Waals surface area contributed by atoms with E-state index in [0.717, 1.165) is 12.1 Å². The van der Waals surface area contributed by atoms with Crippen LogP contribution in [0, 0.1) is 51.4 Å². The number of alkyl halides is 3. The minimum atomic E-state index is -4.97. The van der Waals surface area contributed by atoms with Crippen LogP contribution in [0.25, 0.3) is 0 Å². The van der Waals surface area contributed by atoms with Crippen molar-refractivity contribution in [3.8, 4) is 29.7 Å². The molecule has 146 valence electrons. The zero-order valence-corrected chi connectivity index (χ0v) is 13.9. The molecule has 2 rings (SSSR count). The molecule has 2 aromatic rings. The van der Waals surface area contributed by atoms with Crippen LogP contribution in [0.2, 0.25) is 0 Å². The maximum absolute atomic E-state index is 14.2. The molecule has 11 heteroatoms. The first-order valence-corrected chi connectivity index (χ1v) is 7.36. The summed E-state index contributed by atoms with van der Waals surface area (Å²) in [6.45, 7) is 0. The lowest BCUT2D eigenvalue weighted by molar-refractivity contribution is -0.138. The van der Waals surface area contributed by atoms with E-state index in [4.69, 9.17) is 20.5 Å². The van der Waals surface area contributed by atoms with Crippen molar-refractivity contribution in [3.05, 3.63) is 64.6 Å². The molecule has 0 aliphatic rings. The molecule has 0 unspecified atom stereocenters. The fourth-order valence-electron chi connectivity index (χ4n) is 2.02. The summed E-state index contributed by atoms with van der Waals surface area (Å²) >= 11 is 0. The van der Waals surface area contributed by atoms with Crippen LogP contribution in [-0.2, 0) is 6.18 Å². The largest absolute Gasteiger partial charge is 0.451 e. The van der Waals surface area contributed by atoms with Gasteiger partial charge in [-0.05, 0) is 24.3 Å². The number of hydrogen-bond donors (Lipinski definition) is 1. The highest BCUT2D eigenvalue weighted by Crippen LogP contribution is 2.36. The third kappa shape index (κ3) is 4.76. The molecular weight excluding hydrogens is 402 g/mol. The topological polar surface area (TPSA) is 92.6 Å². The van der Waals surface area contributed by atoms with Crippen molar-refractivity contribution in [1.82, 2.24) is 0 Å². The quantitative estimate of drug-likeness (QED) is 0.558. The molecule has 0 bridgehead atoms. The molecule has 0 saturated carbocycles. The summed E-state index contributed by atoms with van der Waals surface area (Å²) in [4.78, 5) is 0. The Bertz CT molecular complexity index is 1080. The lowest BCUT2D eigenvalue weighted by Gasteiger charge is -2.12. The van der Waals surface area contributed by atoms with E-state index in [2.05, 4.69) is 5.32 Å². The maximum Gasteiger partial charge on any atom is 0.416 e. The molecule has 0 atom stereocenters. The van der Waals surface area contributed by atoms with E-state index < -0.39 is 52.0 Å². The van der Waals surface area contributed by atoms with Crippen molar-refractivity contribution in [1.29, 1.82) is 15.8 Å². The summed E-state index contributed by atoms with van der Waals surface area (Å²) in [5.41, 5.74) is -3.08. The number of halogens is 6. The van der Waals surface area contributed by atoms with Gasteiger partial charge in [-0.2, -0.15) is 29.0 Å². The van der Waals surface area contributed by atoms with Crippen LogP contribution in [0.5, 0.6) is 11.5 Å². The number of nitrogens with one attached hydrogen (secondary N) is 1. The van der Waals surface area contributed by atoms with E-state index in [1.807, 2.05) is 0 Å². The molecule has 0 saturated heterocycles. The van der Waals surface area contributed by atoms with Gasteiger partial charge in [-0.25, -0.2) is 13.2 Å². The molecule has 0 aromatic heterocycles. The van der Waals surface area contributed by atoms with E-state index in [1.165, 1.54) is 18.2 Å². The molecule has 29 heavy (non-hydrogen) atoms. The second-order valence-electron chi connectivity index (χ2n) is 5.22. The minimum Gasteiger partial charge on any atom is -0.451 e. The van der Waals surface area contributed by atoms with Crippen LogP contribution in [0.15, 0.2) is 41.6 Å². The van der Waals surface area contributed by atoms with Crippen molar-refractivity contribution in [2.45, 2.75) is 6.18 Å². The van der Waals surface area contributed by atoms with Crippen LogP contribution in [0.3, 0.4) is 0 Å². The average Bonchev–Trinajstić information content (AvgIpc) is 2.65. The number of ether oxygens (including phenoxy) is 1. The zero-order chi connectivity index (χ0) is 21.8. The molecule has 0 aliphatic heterocycles. The van der Waals surface area contributed by atoms with Gasteiger partial charge >= 0.3 is 6.18 Å². The lowest BCUT2D eigenvalue weighted by atomic mass is 10.2. The third-order valence-corrected chi connectivity index (χ3v) is 3.33. The summed E-state index contributed by atoms with van der Waals surface area (Å²) < 4.78 is 84.2. The Morgan fingerprint density at radius 1 is 0.862 bits per heavy atom. The highest BCUT2D eigenvalue weighted by Gasteiger charge is 2.33. The molecule has 0 heterocycles. The number of anilines is 1. The Morgan fingerprint density at radius 2 is 1.45 bits per heavy atom. The number of nitriles is 3. The monoisotopic (exact) mass is 408 g/mol. The van der Waals surface area contributed by atoms with Gasteiger partial charge in [0.2, 0.25) is 0 Å². The summed E-state index contributed by atoms with van der Waals surface area (Å²) in [5, 5.41) is 28.6. The second-order valence-corrected chi connectivity index (χ2v) is 5.22. The summed E-state index contributed by atoms with van der Waals surface area (Å²) in [5.74, 6) is -6.04. The van der Waals surface area contributed by atoms with E-state index in [1.54, 1.807) is 0 Å². The summed E-state index contributed by atoms with van der Waals surface area (Å²) in [7, 11) is 0. The van der Waals surface area contributed by atoms with Gasteiger partial charge in [0.15, 0.2) is 23.0 Å². The van der Waals surface area contributed by atoms with Gasteiger partial charge < -0.3 is 10.1 Å². The normalized spacial score (nSPS) is 10.3. The van der Waals surface area contributed by atoms with Gasteiger partial charge in [0.25, 0.3) is 0 Å². The van der Waals surface area contributed by atoms with Gasteiger partial charge in [0.1, 0.15) is 35.5 Å². The molecule has 1 N–H and O–H groups in total. The maximum atomic E-state index is 14.2. The predicted molar refractivity (Wildman–Crippen MR) is 85.3 cm³/mol. The third-order valence-electron chi connectivity index (χ3n) is 3.33. The van der Waals surface area contributed by atoms with Gasteiger partial charge in [0.05, 0.1) is 11.3 Å². The number of nitrogens with zero attached hydrogens (tertiary/aromatic N) is 3. The van der Waals surface area contributed by atoms with Gasteiger partial charge in [-0.1, -0.05) is 0 Å². The van der Waals surface area contributed by atoms with Crippen molar-refractivity contribution >= 4 is 5.69 Å². The van der Waals surface area contributed by atoms with Crippen molar-refractivity contribution in [2.24, 2.45) is 0 Å². The first-order chi connectivity index (χ1) is 13.6. The van der Waals surface area contributed by atoms with Crippen molar-refractivity contribution < 1.29 is 31.1 Å². The molecule has 0 fully saturated rings. The number of rotatable bonds is 4. The van der Waals surface area contributed by atoms with Crippen LogP contribution in [-0.4, -0.2) is 0 Å². The number of allylic oxidation sites excluding steroid dienone is 2. The standard InChI is InChI=1S/C18H6F6N4O/c19-12-5-11(1-2-15(12)28-16(8-27)9(6-25)7-26)29-17-13(20)3-10(4-14(17)21)18(22,23)24/h1-5,28H. The predicted octanol–water partition coefficient (Wildman–Crippen LogP) is 5.15. The smallest absolute Gasteiger partial charge is 0.416 e. The summed E-state index contributed by atoms with van der Waals surface area (Å²) in [6.07, 6.45) is -4.97. The summed E-state index contributed by atoms with van der Waals surface area (Å²) in [6, 6.07) is 7.02. The van der Waals surface area contributed by atoms with Crippen LogP contribution in [0.4, 0.5) is 32.0 Å². The van der Waals surface area contributed by atoms with E-state index in [9.17, 15) is 26.3 Å². The number of benzene rings is 2. The van der Waals surface area contributed by atoms with Gasteiger partial charge in [-0.3, -0.25) is 0 Å². The van der Waals surface area contributed by atoms with E-state index >= 15 is 0 Å². The molecule has 2 aromatic carbocycles. The fourth-order valence-corrected chi connectivity index (χ4v) is 2.02. The zero-order valence-electron chi connectivity index (χ0n) is 13.9. The van der Waals surface area contributed by atoms with Crippen LogP contribution in [0.1, 0.15) is 5.56 Å². The van der Waals surface area contributed by atoms with Crippen molar-refractivity contribution in [2.75, 3.05) is 5.32 Å².